The molecule has 1 aromatic rings. The van der Waals surface area contributed by atoms with Crippen LogP contribution in [0.5, 0.6) is 5.75 Å². The molecular formula is C10H10F4O. The smallest absolute Gasteiger partial charge is 0.206 e. The van der Waals surface area contributed by atoms with Gasteiger partial charge in [0.25, 0.3) is 0 Å². The Kier molecular flexibility index (Phi) is 3.21. The fraction of sp³-hybridized carbons (Fsp3) is 0.400. The molecular weight excluding hydrogens is 212 g/mol. The zero-order valence-electron chi connectivity index (χ0n) is 8.50. The number of hydrogen-bond acceptors (Lipinski definition) is 1. The maximum absolute atomic E-state index is 13.3. The van der Waals surface area contributed by atoms with Crippen LogP contribution in [0.3, 0.4) is 0 Å². The lowest BCUT2D eigenvalue weighted by atomic mass is 10.2. The summed E-state index contributed by atoms with van der Waals surface area (Å²) in [6.45, 7) is 4.06. The molecule has 0 spiro atoms. The van der Waals surface area contributed by atoms with Crippen molar-refractivity contribution in [1.29, 1.82) is 0 Å². The fourth-order valence-corrected chi connectivity index (χ4v) is 1.06. The fourth-order valence-electron chi connectivity index (χ4n) is 1.06. The van der Waals surface area contributed by atoms with Crippen LogP contribution in [0.2, 0.25) is 0 Å². The average molecular weight is 222 g/mol. The first-order valence-electron chi connectivity index (χ1n) is 4.35. The highest BCUT2D eigenvalue weighted by Gasteiger charge is 2.24. The molecule has 5 heteroatoms. The Morgan fingerprint density at radius 3 is 1.87 bits per heavy atom. The number of hydrogen-bond donors (Lipinski definition) is 0. The Hall–Kier alpha value is -1.26. The van der Waals surface area contributed by atoms with Crippen LogP contribution in [-0.2, 0) is 0 Å². The minimum Gasteiger partial charge on any atom is -0.485 e. The van der Waals surface area contributed by atoms with Crippen molar-refractivity contribution in [3.05, 3.63) is 28.8 Å². The van der Waals surface area contributed by atoms with E-state index < -0.39 is 40.7 Å². The Morgan fingerprint density at radius 2 is 1.40 bits per heavy atom. The summed E-state index contributed by atoms with van der Waals surface area (Å²) in [4.78, 5) is 0. The molecule has 0 atom stereocenters. The van der Waals surface area contributed by atoms with Crippen LogP contribution in [0.1, 0.15) is 19.4 Å². The quantitative estimate of drug-likeness (QED) is 0.423. The topological polar surface area (TPSA) is 9.23 Å². The second kappa shape index (κ2) is 4.08. The summed E-state index contributed by atoms with van der Waals surface area (Å²) in [5.74, 6) is -6.96. The van der Waals surface area contributed by atoms with Gasteiger partial charge in [-0.3, -0.25) is 0 Å². The van der Waals surface area contributed by atoms with Crippen LogP contribution < -0.4 is 4.74 Å². The van der Waals surface area contributed by atoms with Crippen LogP contribution in [0.25, 0.3) is 0 Å². The monoisotopic (exact) mass is 222 g/mol. The highest BCUT2D eigenvalue weighted by atomic mass is 19.2. The molecule has 0 aliphatic rings. The van der Waals surface area contributed by atoms with Crippen molar-refractivity contribution in [1.82, 2.24) is 0 Å². The SMILES string of the molecule is Cc1c(F)c(F)c(F)c(OC(C)C)c1F. The van der Waals surface area contributed by atoms with Crippen molar-refractivity contribution in [3.63, 3.8) is 0 Å². The third-order valence-electron chi connectivity index (χ3n) is 1.80. The van der Waals surface area contributed by atoms with E-state index in [-0.39, 0.29) is 0 Å². The van der Waals surface area contributed by atoms with E-state index in [1.807, 2.05) is 0 Å². The van der Waals surface area contributed by atoms with Gasteiger partial charge >= 0.3 is 0 Å². The molecule has 0 aliphatic heterocycles. The molecule has 0 radical (unpaired) electrons. The van der Waals surface area contributed by atoms with E-state index in [9.17, 15) is 17.6 Å². The predicted molar refractivity (Wildman–Crippen MR) is 46.8 cm³/mol. The number of halogens is 4. The second-order valence-electron chi connectivity index (χ2n) is 3.38. The van der Waals surface area contributed by atoms with Crippen LogP contribution in [-0.4, -0.2) is 6.10 Å². The van der Waals surface area contributed by atoms with Gasteiger partial charge in [-0.1, -0.05) is 0 Å². The van der Waals surface area contributed by atoms with E-state index in [0.717, 1.165) is 6.92 Å². The van der Waals surface area contributed by atoms with E-state index in [0.29, 0.717) is 0 Å². The van der Waals surface area contributed by atoms with Crippen molar-refractivity contribution in [2.75, 3.05) is 0 Å². The molecule has 0 unspecified atom stereocenters. The Labute approximate surface area is 84.7 Å². The molecule has 0 saturated carbocycles. The van der Waals surface area contributed by atoms with Crippen LogP contribution >= 0.6 is 0 Å². The van der Waals surface area contributed by atoms with Gasteiger partial charge in [-0.15, -0.1) is 0 Å². The van der Waals surface area contributed by atoms with E-state index in [1.54, 1.807) is 0 Å². The predicted octanol–water partition coefficient (Wildman–Crippen LogP) is 3.34. The number of rotatable bonds is 2. The normalized spacial score (nSPS) is 10.9. The zero-order valence-corrected chi connectivity index (χ0v) is 8.50. The molecule has 1 nitrogen and oxygen atoms in total. The molecule has 0 amide bonds. The molecule has 1 rings (SSSR count). The summed E-state index contributed by atoms with van der Waals surface area (Å²) < 4.78 is 56.9. The van der Waals surface area contributed by atoms with E-state index >= 15 is 0 Å². The zero-order chi connectivity index (χ0) is 11.7. The number of benzene rings is 1. The van der Waals surface area contributed by atoms with E-state index in [4.69, 9.17) is 4.74 Å². The third kappa shape index (κ3) is 2.06. The third-order valence-corrected chi connectivity index (χ3v) is 1.80. The van der Waals surface area contributed by atoms with Crippen molar-refractivity contribution < 1.29 is 22.3 Å². The molecule has 0 fully saturated rings. The summed E-state index contributed by atoms with van der Waals surface area (Å²) in [7, 11) is 0. The summed E-state index contributed by atoms with van der Waals surface area (Å²) in [5.41, 5.74) is -0.593. The van der Waals surface area contributed by atoms with Crippen molar-refractivity contribution >= 4 is 0 Å². The maximum atomic E-state index is 13.3. The molecule has 1 aromatic carbocycles. The van der Waals surface area contributed by atoms with Gasteiger partial charge in [0.05, 0.1) is 6.10 Å². The van der Waals surface area contributed by atoms with Gasteiger partial charge in [0.1, 0.15) is 0 Å². The molecule has 0 aliphatic carbocycles. The summed E-state index contributed by atoms with van der Waals surface area (Å²) in [6.07, 6.45) is -0.529. The van der Waals surface area contributed by atoms with Crippen LogP contribution in [0.15, 0.2) is 0 Å². The van der Waals surface area contributed by atoms with Gasteiger partial charge in [0, 0.05) is 5.56 Å². The molecule has 0 heterocycles. The average Bonchev–Trinajstić information content (AvgIpc) is 2.18. The Balaban J connectivity index is 3.39. The lowest BCUT2D eigenvalue weighted by molar-refractivity contribution is 0.213. The van der Waals surface area contributed by atoms with Gasteiger partial charge in [-0.2, -0.15) is 4.39 Å². The lowest BCUT2D eigenvalue weighted by Crippen LogP contribution is -2.11. The largest absolute Gasteiger partial charge is 0.485 e. The standard InChI is InChI=1S/C10H10F4O/c1-4(2)15-10-7(12)5(3)6(11)8(13)9(10)14/h4H,1-3H3. The van der Waals surface area contributed by atoms with Crippen LogP contribution in [0, 0.1) is 30.2 Å². The summed E-state index contributed by atoms with van der Waals surface area (Å²) in [5, 5.41) is 0. The molecule has 15 heavy (non-hydrogen) atoms. The Morgan fingerprint density at radius 1 is 0.867 bits per heavy atom. The molecule has 0 bridgehead atoms. The van der Waals surface area contributed by atoms with Crippen molar-refractivity contribution in [2.45, 2.75) is 26.9 Å². The molecule has 0 aromatic heterocycles. The summed E-state index contributed by atoms with van der Waals surface area (Å²) >= 11 is 0. The Bertz CT molecular complexity index is 358. The van der Waals surface area contributed by atoms with Gasteiger partial charge < -0.3 is 4.74 Å². The lowest BCUT2D eigenvalue weighted by Gasteiger charge is -2.13. The second-order valence-corrected chi connectivity index (χ2v) is 3.38. The van der Waals surface area contributed by atoms with Gasteiger partial charge in [-0.25, -0.2) is 13.2 Å². The van der Waals surface area contributed by atoms with E-state index in [1.165, 1.54) is 13.8 Å². The maximum Gasteiger partial charge on any atom is 0.206 e. The van der Waals surface area contributed by atoms with Crippen molar-refractivity contribution in [3.8, 4) is 5.75 Å². The van der Waals surface area contributed by atoms with Gasteiger partial charge in [0.2, 0.25) is 5.82 Å². The number of ether oxygens (including phenoxy) is 1. The molecule has 0 N–H and O–H groups in total. The first kappa shape index (κ1) is 11.8. The highest BCUT2D eigenvalue weighted by molar-refractivity contribution is 5.34. The van der Waals surface area contributed by atoms with Gasteiger partial charge in [0.15, 0.2) is 23.2 Å². The highest BCUT2D eigenvalue weighted by Crippen LogP contribution is 2.30. The first-order chi connectivity index (χ1) is 6.86. The minimum atomic E-state index is -1.72. The minimum absolute atomic E-state index is 0.529. The molecule has 0 saturated heterocycles. The van der Waals surface area contributed by atoms with E-state index in [2.05, 4.69) is 0 Å². The molecule has 84 valence electrons. The summed E-state index contributed by atoms with van der Waals surface area (Å²) in [6, 6.07) is 0. The van der Waals surface area contributed by atoms with Crippen LogP contribution in [0.4, 0.5) is 17.6 Å². The van der Waals surface area contributed by atoms with Gasteiger partial charge in [-0.05, 0) is 20.8 Å². The van der Waals surface area contributed by atoms with Crippen molar-refractivity contribution in [2.24, 2.45) is 0 Å². The first-order valence-corrected chi connectivity index (χ1v) is 4.35.